The molecule has 6 nitrogen and oxygen atoms in total. The Balaban J connectivity index is 0.000000157. The largest absolute Gasteiger partial charge is 0.545 e. The van der Waals surface area contributed by atoms with Gasteiger partial charge in [-0.2, -0.15) is 0 Å². The predicted molar refractivity (Wildman–Crippen MR) is 119 cm³/mol. The van der Waals surface area contributed by atoms with Gasteiger partial charge in [0.15, 0.2) is 6.20 Å². The summed E-state index contributed by atoms with van der Waals surface area (Å²) in [4.78, 5) is 29.7. The highest BCUT2D eigenvalue weighted by atomic mass is 16.4. The normalized spacial score (nSPS) is 10.4. The Morgan fingerprint density at radius 3 is 2.09 bits per heavy atom. The third kappa shape index (κ3) is 4.15. The summed E-state index contributed by atoms with van der Waals surface area (Å²) in [5.74, 6) is -2.43. The van der Waals surface area contributed by atoms with E-state index >= 15 is 0 Å². The Bertz CT molecular complexity index is 1340. The molecule has 0 aliphatic rings. The van der Waals surface area contributed by atoms with Gasteiger partial charge in [-0.25, -0.2) is 14.8 Å². The Morgan fingerprint density at radius 2 is 1.38 bits per heavy atom. The van der Waals surface area contributed by atoms with E-state index in [2.05, 4.69) is 34.2 Å². The van der Waals surface area contributed by atoms with Crippen LogP contribution in [-0.4, -0.2) is 22.0 Å². The highest BCUT2D eigenvalue weighted by Crippen LogP contribution is 2.27. The van der Waals surface area contributed by atoms with Crippen LogP contribution < -0.4 is 10.1 Å². The number of aromatic amines is 1. The van der Waals surface area contributed by atoms with E-state index in [4.69, 9.17) is 5.11 Å². The molecule has 0 radical (unpaired) electrons. The number of carbonyl (C=O) groups is 2. The van der Waals surface area contributed by atoms with Crippen LogP contribution in [0.4, 0.5) is 0 Å². The lowest BCUT2D eigenvalue weighted by Gasteiger charge is -2.12. The van der Waals surface area contributed by atoms with Crippen LogP contribution in [0.15, 0.2) is 97.3 Å². The summed E-state index contributed by atoms with van der Waals surface area (Å²) in [6.45, 7) is 0. The molecule has 0 unspecified atom stereocenters. The quantitative estimate of drug-likeness (QED) is 0.447. The number of hydrogen-bond acceptors (Lipinski definition) is 4. The molecule has 0 amide bonds. The van der Waals surface area contributed by atoms with Gasteiger partial charge in [0.25, 0.3) is 0 Å². The van der Waals surface area contributed by atoms with Gasteiger partial charge in [-0.3, -0.25) is 0 Å². The monoisotopic (exact) mass is 422 g/mol. The number of hydrogen-bond donors (Lipinski definition) is 1. The summed E-state index contributed by atoms with van der Waals surface area (Å²) in [5, 5.41) is 22.5. The van der Waals surface area contributed by atoms with Gasteiger partial charge in [0.05, 0.1) is 11.5 Å². The molecule has 0 saturated carbocycles. The number of carboxylic acid groups (broad SMARTS) is 2. The maximum atomic E-state index is 11.1. The number of nitrogens with one attached hydrogen (secondary N) is 1. The topological polar surface area (TPSA) is 104 Å². The Labute approximate surface area is 183 Å². The number of aromatic carboxylic acids is 2. The molecule has 0 fully saturated rings. The van der Waals surface area contributed by atoms with Gasteiger partial charge in [0.2, 0.25) is 5.52 Å². The summed E-state index contributed by atoms with van der Waals surface area (Å²) < 4.78 is 0. The first-order chi connectivity index (χ1) is 15.6. The molecule has 0 aliphatic carbocycles. The van der Waals surface area contributed by atoms with Crippen molar-refractivity contribution >= 4 is 33.7 Å². The van der Waals surface area contributed by atoms with Crippen LogP contribution in [-0.2, 0) is 0 Å². The number of nitrogens with zero attached hydrogens (tertiary/aromatic N) is 1. The summed E-state index contributed by atoms with van der Waals surface area (Å²) in [6.07, 6.45) is 3.75. The van der Waals surface area contributed by atoms with Gasteiger partial charge >= 0.3 is 5.97 Å². The number of fused-ring (bicyclic) bond motifs is 3. The summed E-state index contributed by atoms with van der Waals surface area (Å²) in [7, 11) is 0. The van der Waals surface area contributed by atoms with E-state index in [0.717, 1.165) is 11.0 Å². The van der Waals surface area contributed by atoms with Crippen molar-refractivity contribution in [1.29, 1.82) is 0 Å². The van der Waals surface area contributed by atoms with Crippen molar-refractivity contribution in [2.45, 2.75) is 0 Å². The number of benzene rings is 3. The summed E-state index contributed by atoms with van der Waals surface area (Å²) >= 11 is 0. The van der Waals surface area contributed by atoms with Gasteiger partial charge in [-0.05, 0) is 35.4 Å². The Morgan fingerprint density at radius 1 is 0.750 bits per heavy atom. The third-order valence-corrected chi connectivity index (χ3v) is 5.00. The number of H-pyrrole nitrogens is 1. The van der Waals surface area contributed by atoms with Gasteiger partial charge in [-0.15, -0.1) is 0 Å². The first-order valence-electron chi connectivity index (χ1n) is 9.83. The number of pyridine rings is 2. The van der Waals surface area contributed by atoms with Crippen LogP contribution in [0.5, 0.6) is 0 Å². The van der Waals surface area contributed by atoms with E-state index in [-0.39, 0.29) is 11.1 Å². The van der Waals surface area contributed by atoms with Crippen LogP contribution in [0, 0.1) is 0 Å². The zero-order valence-corrected chi connectivity index (χ0v) is 16.9. The van der Waals surface area contributed by atoms with Crippen LogP contribution >= 0.6 is 0 Å². The second-order valence-corrected chi connectivity index (χ2v) is 6.96. The van der Waals surface area contributed by atoms with Crippen molar-refractivity contribution in [2.75, 3.05) is 0 Å². The fourth-order valence-electron chi connectivity index (χ4n) is 3.53. The second-order valence-electron chi connectivity index (χ2n) is 6.96. The SMILES string of the molecule is O=C([O-])c1ccccc1-c1ccccc1C(=O)O.c1cnc2c(c1)ccc1ccc[nH+]c12. The molecular formula is C26H18N2O4. The average molecular weight is 422 g/mol. The van der Waals surface area contributed by atoms with Crippen molar-refractivity contribution in [3.8, 4) is 11.1 Å². The van der Waals surface area contributed by atoms with Crippen LogP contribution in [0.25, 0.3) is 32.9 Å². The lowest BCUT2D eigenvalue weighted by Crippen LogP contribution is -2.23. The molecule has 0 aliphatic heterocycles. The van der Waals surface area contributed by atoms with E-state index in [1.807, 2.05) is 24.5 Å². The molecule has 156 valence electrons. The van der Waals surface area contributed by atoms with Crippen molar-refractivity contribution in [3.63, 3.8) is 0 Å². The highest BCUT2D eigenvalue weighted by molar-refractivity contribution is 6.02. The third-order valence-electron chi connectivity index (χ3n) is 5.00. The number of carbonyl (C=O) groups excluding carboxylic acids is 1. The first-order valence-corrected chi connectivity index (χ1v) is 9.83. The average Bonchev–Trinajstić information content (AvgIpc) is 2.84. The van der Waals surface area contributed by atoms with Crippen LogP contribution in [0.2, 0.25) is 0 Å². The minimum atomic E-state index is -1.33. The fourth-order valence-corrected chi connectivity index (χ4v) is 3.53. The first kappa shape index (κ1) is 20.7. The number of rotatable bonds is 3. The van der Waals surface area contributed by atoms with E-state index < -0.39 is 11.9 Å². The summed E-state index contributed by atoms with van der Waals surface area (Å²) in [5.41, 5.74) is 2.88. The van der Waals surface area contributed by atoms with Crippen molar-refractivity contribution in [1.82, 2.24) is 4.98 Å². The van der Waals surface area contributed by atoms with Gasteiger partial charge in [-0.1, -0.05) is 54.6 Å². The van der Waals surface area contributed by atoms with Crippen LogP contribution in [0.1, 0.15) is 20.7 Å². The predicted octanol–water partition coefficient (Wildman–Crippen LogP) is 3.62. The lowest BCUT2D eigenvalue weighted by atomic mass is 9.95. The van der Waals surface area contributed by atoms with E-state index in [1.165, 1.54) is 22.9 Å². The molecular weight excluding hydrogens is 404 g/mol. The Hall–Kier alpha value is -4.58. The van der Waals surface area contributed by atoms with Crippen molar-refractivity contribution in [2.24, 2.45) is 0 Å². The minimum Gasteiger partial charge on any atom is -0.545 e. The molecule has 2 N–H and O–H groups in total. The maximum absolute atomic E-state index is 11.1. The van der Waals surface area contributed by atoms with Gasteiger partial charge in [0, 0.05) is 28.6 Å². The summed E-state index contributed by atoms with van der Waals surface area (Å²) in [6, 6.07) is 24.7. The zero-order valence-electron chi connectivity index (χ0n) is 16.9. The molecule has 0 bridgehead atoms. The van der Waals surface area contributed by atoms with Gasteiger partial charge < -0.3 is 15.0 Å². The highest BCUT2D eigenvalue weighted by Gasteiger charge is 2.13. The smallest absolute Gasteiger partial charge is 0.336 e. The zero-order chi connectivity index (χ0) is 22.5. The molecule has 6 heteroatoms. The van der Waals surface area contributed by atoms with E-state index in [0.29, 0.717) is 11.1 Å². The standard InChI is InChI=1S/C14H10O4.C12H8N2/c15-13(16)11-7-3-1-5-9(11)10-6-2-4-8-12(10)14(17)18;1-3-9-5-6-10-4-2-8-14-12(10)11(9)13-7-1/h1-8H,(H,15,16)(H,17,18);1-8H. The van der Waals surface area contributed by atoms with E-state index in [9.17, 15) is 14.7 Å². The molecule has 2 heterocycles. The molecule has 5 rings (SSSR count). The fraction of sp³-hybridized carbons (Fsp3) is 0. The molecule has 5 aromatic rings. The molecule has 0 saturated heterocycles. The Kier molecular flexibility index (Phi) is 5.85. The molecule has 0 spiro atoms. The maximum Gasteiger partial charge on any atom is 0.336 e. The lowest BCUT2D eigenvalue weighted by molar-refractivity contribution is -0.343. The second kappa shape index (κ2) is 9.06. The number of carboxylic acids is 2. The van der Waals surface area contributed by atoms with Crippen molar-refractivity contribution < 1.29 is 24.8 Å². The molecule has 32 heavy (non-hydrogen) atoms. The molecule has 2 aromatic heterocycles. The van der Waals surface area contributed by atoms with Crippen molar-refractivity contribution in [3.05, 3.63) is 108 Å². The van der Waals surface area contributed by atoms with E-state index in [1.54, 1.807) is 36.4 Å². The minimum absolute atomic E-state index is 0.0220. The van der Waals surface area contributed by atoms with Crippen LogP contribution in [0.3, 0.4) is 0 Å². The number of aromatic nitrogens is 2. The molecule has 3 aromatic carbocycles. The molecule has 0 atom stereocenters. The van der Waals surface area contributed by atoms with Gasteiger partial charge in [0.1, 0.15) is 5.52 Å².